The van der Waals surface area contributed by atoms with Gasteiger partial charge in [-0.25, -0.2) is 14.4 Å². The number of aromatic nitrogens is 2. The van der Waals surface area contributed by atoms with Gasteiger partial charge in [0.05, 0.1) is 12.4 Å². The standard InChI is InChI=1S/C19H20F3N5O3/c1-10(6-11(2)29-18(23)24)13-7-12(4-5-14(13)20)27-17(28)15-8-26-16(9-25-15)30-19(3,21)22/h4-10H,1-3H3,(H3,23,24)(H,27,28)/b11-6-/t10-/m1/s1. The molecule has 0 unspecified atom stereocenters. The number of amidine groups is 1. The van der Waals surface area contributed by atoms with Crippen LogP contribution in [-0.4, -0.2) is 28.0 Å². The fourth-order valence-electron chi connectivity index (χ4n) is 2.48. The maximum absolute atomic E-state index is 14.2. The minimum Gasteiger partial charge on any atom is -0.432 e. The van der Waals surface area contributed by atoms with Gasteiger partial charge in [-0.3, -0.25) is 10.2 Å². The number of nitrogens with zero attached hydrogens (tertiary/aromatic N) is 2. The van der Waals surface area contributed by atoms with Crippen LogP contribution in [0.2, 0.25) is 0 Å². The average Bonchev–Trinajstić information content (AvgIpc) is 2.61. The zero-order valence-corrected chi connectivity index (χ0v) is 16.4. The van der Waals surface area contributed by atoms with Crippen molar-refractivity contribution in [3.8, 4) is 5.88 Å². The van der Waals surface area contributed by atoms with Crippen LogP contribution >= 0.6 is 0 Å². The van der Waals surface area contributed by atoms with Gasteiger partial charge in [0.1, 0.15) is 17.3 Å². The van der Waals surface area contributed by atoms with Crippen LogP contribution in [0, 0.1) is 11.2 Å². The summed E-state index contributed by atoms with van der Waals surface area (Å²) >= 11 is 0. The van der Waals surface area contributed by atoms with E-state index in [9.17, 15) is 18.0 Å². The third-order valence-electron chi connectivity index (χ3n) is 3.64. The van der Waals surface area contributed by atoms with E-state index in [4.69, 9.17) is 15.9 Å². The minimum absolute atomic E-state index is 0.147. The van der Waals surface area contributed by atoms with Crippen molar-refractivity contribution in [1.29, 1.82) is 5.41 Å². The average molecular weight is 423 g/mol. The third kappa shape index (κ3) is 6.76. The summed E-state index contributed by atoms with van der Waals surface area (Å²) in [5.74, 6) is -1.75. The zero-order valence-electron chi connectivity index (χ0n) is 16.4. The van der Waals surface area contributed by atoms with Crippen molar-refractivity contribution in [2.45, 2.75) is 32.8 Å². The normalized spacial score (nSPS) is 12.8. The predicted molar refractivity (Wildman–Crippen MR) is 103 cm³/mol. The molecule has 160 valence electrons. The Hall–Kier alpha value is -3.63. The van der Waals surface area contributed by atoms with E-state index in [1.807, 2.05) is 0 Å². The van der Waals surface area contributed by atoms with E-state index >= 15 is 0 Å². The molecule has 4 N–H and O–H groups in total. The van der Waals surface area contributed by atoms with Gasteiger partial charge in [0.2, 0.25) is 5.88 Å². The summed E-state index contributed by atoms with van der Waals surface area (Å²) in [6.45, 7) is 3.82. The maximum Gasteiger partial charge on any atom is 0.396 e. The first-order valence-corrected chi connectivity index (χ1v) is 8.64. The van der Waals surface area contributed by atoms with Crippen molar-refractivity contribution >= 4 is 17.6 Å². The summed E-state index contributed by atoms with van der Waals surface area (Å²) in [6.07, 6.45) is 0.0167. The molecule has 0 aliphatic rings. The molecule has 30 heavy (non-hydrogen) atoms. The van der Waals surface area contributed by atoms with Crippen molar-refractivity contribution in [1.82, 2.24) is 9.97 Å². The first-order valence-electron chi connectivity index (χ1n) is 8.64. The fourth-order valence-corrected chi connectivity index (χ4v) is 2.48. The zero-order chi connectivity index (χ0) is 22.5. The fraction of sp³-hybridized carbons (Fsp3) is 0.263. The number of halogens is 3. The van der Waals surface area contributed by atoms with Crippen molar-refractivity contribution < 1.29 is 27.4 Å². The summed E-state index contributed by atoms with van der Waals surface area (Å²) in [6, 6.07) is 3.48. The molecule has 0 bridgehead atoms. The van der Waals surface area contributed by atoms with Gasteiger partial charge in [-0.1, -0.05) is 6.92 Å². The lowest BCUT2D eigenvalue weighted by molar-refractivity contribution is -0.161. The summed E-state index contributed by atoms with van der Waals surface area (Å²) in [4.78, 5) is 19.7. The van der Waals surface area contributed by atoms with Crippen LogP contribution in [0.5, 0.6) is 5.88 Å². The quantitative estimate of drug-likeness (QED) is 0.354. The SMILES string of the molecule is C/C(=C/[C@@H](C)c1cc(NC(=O)c2cnc(OC(C)(F)F)cn2)ccc1F)OC(=N)N. The van der Waals surface area contributed by atoms with Crippen molar-refractivity contribution in [2.75, 3.05) is 5.32 Å². The summed E-state index contributed by atoms with van der Waals surface area (Å²) in [7, 11) is 0. The van der Waals surface area contributed by atoms with Crippen LogP contribution < -0.4 is 15.8 Å². The topological polar surface area (TPSA) is 123 Å². The van der Waals surface area contributed by atoms with E-state index in [-0.39, 0.29) is 16.9 Å². The highest BCUT2D eigenvalue weighted by Gasteiger charge is 2.24. The maximum atomic E-state index is 14.2. The number of hydrogen-bond donors (Lipinski definition) is 3. The van der Waals surface area contributed by atoms with Crippen LogP contribution in [-0.2, 0) is 4.74 Å². The Bertz CT molecular complexity index is 959. The monoisotopic (exact) mass is 423 g/mol. The van der Waals surface area contributed by atoms with E-state index in [1.54, 1.807) is 19.9 Å². The number of benzene rings is 1. The Morgan fingerprint density at radius 1 is 1.33 bits per heavy atom. The molecule has 0 saturated carbocycles. The largest absolute Gasteiger partial charge is 0.432 e. The van der Waals surface area contributed by atoms with Crippen LogP contribution in [0.3, 0.4) is 0 Å². The van der Waals surface area contributed by atoms with E-state index in [0.717, 1.165) is 12.4 Å². The number of carbonyl (C=O) groups is 1. The Morgan fingerprint density at radius 2 is 2.03 bits per heavy atom. The van der Waals surface area contributed by atoms with Crippen LogP contribution in [0.4, 0.5) is 18.9 Å². The number of nitrogens with one attached hydrogen (secondary N) is 2. The van der Waals surface area contributed by atoms with Crippen LogP contribution in [0.15, 0.2) is 42.4 Å². The van der Waals surface area contributed by atoms with Crippen LogP contribution in [0.1, 0.15) is 42.7 Å². The van der Waals surface area contributed by atoms with E-state index < -0.39 is 35.7 Å². The van der Waals surface area contributed by atoms with Crippen molar-refractivity contribution in [3.63, 3.8) is 0 Å². The van der Waals surface area contributed by atoms with E-state index in [2.05, 4.69) is 20.0 Å². The molecule has 1 aromatic carbocycles. The molecule has 0 fully saturated rings. The van der Waals surface area contributed by atoms with Crippen molar-refractivity contribution in [3.05, 3.63) is 59.5 Å². The molecular formula is C19H20F3N5O3. The van der Waals surface area contributed by atoms with E-state index in [1.165, 1.54) is 18.2 Å². The Kier molecular flexibility index (Phi) is 6.98. The van der Waals surface area contributed by atoms with Gasteiger partial charge in [-0.05, 0) is 36.8 Å². The molecule has 1 aromatic heterocycles. The minimum atomic E-state index is -3.43. The summed E-state index contributed by atoms with van der Waals surface area (Å²) in [5, 5.41) is 9.63. The number of anilines is 1. The Labute approximate surface area is 170 Å². The number of carbonyl (C=O) groups excluding carboxylic acids is 1. The highest BCUT2D eigenvalue weighted by atomic mass is 19.3. The summed E-state index contributed by atoms with van der Waals surface area (Å²) in [5.41, 5.74) is 5.55. The molecule has 0 aliphatic carbocycles. The van der Waals surface area contributed by atoms with Gasteiger partial charge in [0.25, 0.3) is 11.9 Å². The molecule has 0 spiro atoms. The lowest BCUT2D eigenvalue weighted by Gasteiger charge is -2.13. The molecule has 0 saturated heterocycles. The highest BCUT2D eigenvalue weighted by Crippen LogP contribution is 2.25. The second-order valence-corrected chi connectivity index (χ2v) is 6.37. The van der Waals surface area contributed by atoms with Gasteiger partial charge in [-0.2, -0.15) is 8.78 Å². The second-order valence-electron chi connectivity index (χ2n) is 6.37. The second kappa shape index (κ2) is 9.25. The van der Waals surface area contributed by atoms with Gasteiger partial charge in [-0.15, -0.1) is 0 Å². The van der Waals surface area contributed by atoms with Gasteiger partial charge in [0.15, 0.2) is 0 Å². The molecule has 11 heteroatoms. The molecule has 1 atom stereocenters. The summed E-state index contributed by atoms with van der Waals surface area (Å²) < 4.78 is 49.0. The molecule has 0 radical (unpaired) electrons. The lowest BCUT2D eigenvalue weighted by atomic mass is 9.99. The van der Waals surface area contributed by atoms with Gasteiger partial charge < -0.3 is 20.5 Å². The molecule has 2 aromatic rings. The lowest BCUT2D eigenvalue weighted by Crippen LogP contribution is -2.20. The first-order chi connectivity index (χ1) is 13.9. The number of nitrogens with two attached hydrogens (primary N) is 1. The first kappa shape index (κ1) is 22.7. The number of alkyl halides is 2. The Morgan fingerprint density at radius 3 is 2.60 bits per heavy atom. The number of hydrogen-bond acceptors (Lipinski definition) is 6. The van der Waals surface area contributed by atoms with Crippen molar-refractivity contribution in [2.24, 2.45) is 5.73 Å². The number of rotatable bonds is 7. The number of allylic oxidation sites excluding steroid dienone is 2. The van der Waals surface area contributed by atoms with Gasteiger partial charge in [0, 0.05) is 18.5 Å². The van der Waals surface area contributed by atoms with E-state index in [0.29, 0.717) is 12.7 Å². The number of ether oxygens (including phenoxy) is 2. The number of amides is 1. The van der Waals surface area contributed by atoms with Crippen LogP contribution in [0.25, 0.3) is 0 Å². The molecule has 0 aliphatic heterocycles. The molecule has 1 amide bonds. The predicted octanol–water partition coefficient (Wildman–Crippen LogP) is 3.78. The smallest absolute Gasteiger partial charge is 0.396 e. The molecule has 2 rings (SSSR count). The molecular weight excluding hydrogens is 403 g/mol. The Balaban J connectivity index is 2.14. The molecule has 8 nitrogen and oxygen atoms in total. The molecule has 1 heterocycles. The highest BCUT2D eigenvalue weighted by molar-refractivity contribution is 6.02. The van der Waals surface area contributed by atoms with Gasteiger partial charge >= 0.3 is 6.11 Å². The third-order valence-corrected chi connectivity index (χ3v) is 3.64.